The summed E-state index contributed by atoms with van der Waals surface area (Å²) in [5.41, 5.74) is -0.594. The molecular formula is C20H30N2O7. The van der Waals surface area contributed by atoms with Gasteiger partial charge in [-0.2, -0.15) is 0 Å². The number of amides is 1. The third kappa shape index (κ3) is 10.8. The van der Waals surface area contributed by atoms with E-state index >= 15 is 0 Å². The van der Waals surface area contributed by atoms with E-state index in [1.807, 2.05) is 0 Å². The largest absolute Gasteiger partial charge is 0.481 e. The minimum atomic E-state index is -1.27. The molecule has 0 saturated heterocycles. The van der Waals surface area contributed by atoms with Gasteiger partial charge in [0.25, 0.3) is 5.69 Å². The summed E-state index contributed by atoms with van der Waals surface area (Å²) in [5, 5.41) is 30.1. The van der Waals surface area contributed by atoms with E-state index in [1.54, 1.807) is 0 Å². The topological polar surface area (TPSA) is 147 Å². The summed E-state index contributed by atoms with van der Waals surface area (Å²) in [6.45, 7) is 4.28. The molecule has 0 radical (unpaired) electrons. The van der Waals surface area contributed by atoms with Gasteiger partial charge in [0.2, 0.25) is 6.41 Å². The summed E-state index contributed by atoms with van der Waals surface area (Å²) in [7, 11) is 0. The summed E-state index contributed by atoms with van der Waals surface area (Å²) in [4.78, 5) is 41.4. The van der Waals surface area contributed by atoms with Crippen LogP contribution in [-0.2, 0) is 9.59 Å². The maximum Gasteiger partial charge on any atom is 0.337 e. The second kappa shape index (κ2) is 15.0. The zero-order chi connectivity index (χ0) is 22.2. The van der Waals surface area contributed by atoms with Crippen LogP contribution in [-0.4, -0.2) is 33.5 Å². The summed E-state index contributed by atoms with van der Waals surface area (Å²) in [5.74, 6) is -1.96. The van der Waals surface area contributed by atoms with Crippen molar-refractivity contribution in [2.45, 2.75) is 65.2 Å². The van der Waals surface area contributed by atoms with E-state index in [2.05, 4.69) is 19.2 Å². The summed E-state index contributed by atoms with van der Waals surface area (Å²) in [6.07, 6.45) is 8.84. The average Bonchev–Trinajstić information content (AvgIpc) is 2.67. The second-order valence-corrected chi connectivity index (χ2v) is 6.58. The molecule has 0 aliphatic heterocycles. The van der Waals surface area contributed by atoms with Crippen molar-refractivity contribution < 1.29 is 29.5 Å². The molecule has 1 aromatic carbocycles. The van der Waals surface area contributed by atoms with Crippen molar-refractivity contribution >= 4 is 29.7 Å². The fraction of sp³-hybridized carbons (Fsp3) is 0.550. The van der Waals surface area contributed by atoms with Gasteiger partial charge in [-0.15, -0.1) is 0 Å². The highest BCUT2D eigenvalue weighted by Gasteiger charge is 2.16. The molecule has 3 N–H and O–H groups in total. The van der Waals surface area contributed by atoms with Crippen molar-refractivity contribution in [3.05, 3.63) is 33.9 Å². The van der Waals surface area contributed by atoms with Gasteiger partial charge in [-0.1, -0.05) is 52.4 Å². The lowest BCUT2D eigenvalue weighted by Crippen LogP contribution is -2.13. The number of nitro groups is 1. The van der Waals surface area contributed by atoms with E-state index < -0.39 is 16.9 Å². The molecule has 1 rings (SSSR count). The molecule has 29 heavy (non-hydrogen) atoms. The number of nitro benzene ring substituents is 1. The fourth-order valence-electron chi connectivity index (χ4n) is 2.67. The van der Waals surface area contributed by atoms with Crippen LogP contribution in [0, 0.1) is 16.0 Å². The van der Waals surface area contributed by atoms with Crippen molar-refractivity contribution in [1.82, 2.24) is 0 Å². The molecule has 0 spiro atoms. The lowest BCUT2D eigenvalue weighted by atomic mass is 9.95. The Balaban J connectivity index is 0.000000543. The monoisotopic (exact) mass is 410 g/mol. The molecule has 162 valence electrons. The number of anilines is 1. The Kier molecular flexibility index (Phi) is 13.5. The van der Waals surface area contributed by atoms with Crippen molar-refractivity contribution in [3.63, 3.8) is 0 Å². The number of carboxylic acids is 2. The summed E-state index contributed by atoms with van der Waals surface area (Å²) in [6, 6.07) is 3.10. The molecule has 0 saturated carbocycles. The van der Waals surface area contributed by atoms with Gasteiger partial charge >= 0.3 is 11.9 Å². The zero-order valence-corrected chi connectivity index (χ0v) is 16.9. The molecule has 1 amide bonds. The smallest absolute Gasteiger partial charge is 0.337 e. The number of non-ortho nitro benzene ring substituents is 1. The fourth-order valence-corrected chi connectivity index (χ4v) is 2.67. The minimum absolute atomic E-state index is 0.0909. The normalized spacial score (nSPS) is 11.0. The number of unbranched alkanes of at least 4 members (excludes halogenated alkanes) is 4. The molecule has 0 fully saturated rings. The highest BCUT2D eigenvalue weighted by Crippen LogP contribution is 2.22. The van der Waals surface area contributed by atoms with Crippen molar-refractivity contribution in [1.29, 1.82) is 0 Å². The molecule has 0 bridgehead atoms. The van der Waals surface area contributed by atoms with Gasteiger partial charge in [0.15, 0.2) is 0 Å². The minimum Gasteiger partial charge on any atom is -0.481 e. The lowest BCUT2D eigenvalue weighted by Gasteiger charge is -2.10. The van der Waals surface area contributed by atoms with E-state index in [9.17, 15) is 24.5 Å². The first-order valence-corrected chi connectivity index (χ1v) is 9.73. The standard InChI is InChI=1S/C12H24O2.C8H6N2O5/c1-3-5-7-8-10-11(12(13)14)9-6-4-2;11-4-9-7-3-5(10(14)15)1-2-6(7)8(12)13/h11H,3-10H2,1-2H3,(H,13,14);1-4H,(H,9,11)(H,12,13). The molecular weight excluding hydrogens is 380 g/mol. The van der Waals surface area contributed by atoms with Crippen molar-refractivity contribution in [3.8, 4) is 0 Å². The second-order valence-electron chi connectivity index (χ2n) is 6.58. The van der Waals surface area contributed by atoms with Crippen molar-refractivity contribution in [2.75, 3.05) is 5.32 Å². The summed E-state index contributed by atoms with van der Waals surface area (Å²) >= 11 is 0. The number of rotatable bonds is 13. The number of aromatic carboxylic acids is 1. The highest BCUT2D eigenvalue weighted by atomic mass is 16.6. The predicted molar refractivity (Wildman–Crippen MR) is 109 cm³/mol. The number of carbonyl (C=O) groups is 3. The van der Waals surface area contributed by atoms with E-state index in [4.69, 9.17) is 10.2 Å². The highest BCUT2D eigenvalue weighted by molar-refractivity contribution is 5.97. The van der Waals surface area contributed by atoms with Gasteiger partial charge < -0.3 is 15.5 Å². The zero-order valence-electron chi connectivity index (χ0n) is 16.9. The van der Waals surface area contributed by atoms with Crippen LogP contribution >= 0.6 is 0 Å². The molecule has 0 aliphatic carbocycles. The Hall–Kier alpha value is -2.97. The van der Waals surface area contributed by atoms with Crippen LogP contribution in [0.5, 0.6) is 0 Å². The lowest BCUT2D eigenvalue weighted by molar-refractivity contribution is -0.384. The first-order valence-electron chi connectivity index (χ1n) is 9.73. The first kappa shape index (κ1) is 26.0. The molecule has 1 atom stereocenters. The SMILES string of the molecule is CCCCCCC(CCCC)C(=O)O.O=CNc1cc([N+](=O)[O-])ccc1C(=O)O. The van der Waals surface area contributed by atoms with Crippen LogP contribution in [0.4, 0.5) is 11.4 Å². The van der Waals surface area contributed by atoms with Crippen LogP contribution in [0.15, 0.2) is 18.2 Å². The Bertz CT molecular complexity index is 677. The Morgan fingerprint density at radius 1 is 1.10 bits per heavy atom. The number of hydrogen-bond donors (Lipinski definition) is 3. The maximum atomic E-state index is 10.9. The average molecular weight is 410 g/mol. The van der Waals surface area contributed by atoms with Gasteiger partial charge in [0.05, 0.1) is 22.1 Å². The third-order valence-corrected chi connectivity index (χ3v) is 4.32. The van der Waals surface area contributed by atoms with Crippen LogP contribution in [0.25, 0.3) is 0 Å². The quantitative estimate of drug-likeness (QED) is 0.185. The number of aliphatic carboxylic acids is 1. The molecule has 1 aromatic rings. The molecule has 9 heteroatoms. The number of carbonyl (C=O) groups excluding carboxylic acids is 1. The number of nitrogens with one attached hydrogen (secondary N) is 1. The molecule has 0 aliphatic rings. The van der Waals surface area contributed by atoms with Gasteiger partial charge in [-0.3, -0.25) is 19.7 Å². The number of nitrogens with zero attached hydrogens (tertiary/aromatic N) is 1. The van der Waals surface area contributed by atoms with Crippen molar-refractivity contribution in [2.24, 2.45) is 5.92 Å². The molecule has 9 nitrogen and oxygen atoms in total. The molecule has 0 heterocycles. The number of benzene rings is 1. The van der Waals surface area contributed by atoms with Crippen LogP contribution in [0.3, 0.4) is 0 Å². The Morgan fingerprint density at radius 3 is 2.21 bits per heavy atom. The van der Waals surface area contributed by atoms with Crippen LogP contribution < -0.4 is 5.32 Å². The maximum absolute atomic E-state index is 10.9. The van der Waals surface area contributed by atoms with Gasteiger partial charge in [-0.05, 0) is 18.9 Å². The number of carboxylic acid groups (broad SMARTS) is 2. The predicted octanol–water partition coefficient (Wildman–Crippen LogP) is 4.71. The Labute approximate surface area is 170 Å². The van der Waals surface area contributed by atoms with Gasteiger partial charge in [-0.25, -0.2) is 4.79 Å². The number of hydrogen-bond acceptors (Lipinski definition) is 5. The van der Waals surface area contributed by atoms with E-state index in [1.165, 1.54) is 19.3 Å². The van der Waals surface area contributed by atoms with E-state index in [0.29, 0.717) is 0 Å². The van der Waals surface area contributed by atoms with E-state index in [0.717, 1.165) is 50.3 Å². The molecule has 1 unspecified atom stereocenters. The van der Waals surface area contributed by atoms with Crippen LogP contribution in [0.1, 0.15) is 75.6 Å². The van der Waals surface area contributed by atoms with Gasteiger partial charge in [0, 0.05) is 12.1 Å². The first-order chi connectivity index (χ1) is 13.8. The third-order valence-electron chi connectivity index (χ3n) is 4.32. The van der Waals surface area contributed by atoms with Crippen LogP contribution in [0.2, 0.25) is 0 Å². The van der Waals surface area contributed by atoms with E-state index in [-0.39, 0.29) is 29.3 Å². The molecule has 0 aromatic heterocycles. The summed E-state index contributed by atoms with van der Waals surface area (Å²) < 4.78 is 0. The Morgan fingerprint density at radius 2 is 1.72 bits per heavy atom. The van der Waals surface area contributed by atoms with Gasteiger partial charge in [0.1, 0.15) is 0 Å².